The largest absolute Gasteiger partial charge is 0.310 e. The van der Waals surface area contributed by atoms with Crippen LogP contribution in [0.1, 0.15) is 29.2 Å². The summed E-state index contributed by atoms with van der Waals surface area (Å²) in [4.78, 5) is 12.4. The summed E-state index contributed by atoms with van der Waals surface area (Å²) >= 11 is 0. The maximum absolute atomic E-state index is 13.8. The van der Waals surface area contributed by atoms with Gasteiger partial charge in [-0.05, 0) is 36.8 Å². The van der Waals surface area contributed by atoms with Crippen LogP contribution < -0.4 is 5.32 Å². The van der Waals surface area contributed by atoms with Gasteiger partial charge >= 0.3 is 0 Å². The second-order valence-electron chi connectivity index (χ2n) is 6.59. The fourth-order valence-electron chi connectivity index (χ4n) is 3.61. The molecule has 0 saturated heterocycles. The van der Waals surface area contributed by atoms with Gasteiger partial charge in [-0.3, -0.25) is 4.79 Å². The Kier molecular flexibility index (Phi) is 3.48. The molecule has 4 aromatic rings. The minimum Gasteiger partial charge on any atom is -0.310 e. The van der Waals surface area contributed by atoms with Crippen LogP contribution in [0.15, 0.2) is 36.7 Å². The van der Waals surface area contributed by atoms with E-state index in [2.05, 4.69) is 25.7 Å². The van der Waals surface area contributed by atoms with E-state index in [4.69, 9.17) is 0 Å². The first kappa shape index (κ1) is 16.5. The van der Waals surface area contributed by atoms with Crippen molar-refractivity contribution in [2.24, 2.45) is 0 Å². The van der Waals surface area contributed by atoms with Gasteiger partial charge in [0.25, 0.3) is 0 Å². The van der Waals surface area contributed by atoms with Crippen LogP contribution >= 0.6 is 0 Å². The van der Waals surface area contributed by atoms with Crippen molar-refractivity contribution < 1.29 is 13.6 Å². The highest BCUT2D eigenvalue weighted by molar-refractivity contribution is 5.95. The lowest BCUT2D eigenvalue weighted by molar-refractivity contribution is -0.116. The van der Waals surface area contributed by atoms with E-state index in [-0.39, 0.29) is 12.3 Å². The zero-order valence-electron chi connectivity index (χ0n) is 14.6. The normalized spacial score (nSPS) is 16.2. The Labute approximate surface area is 156 Å². The molecule has 0 radical (unpaired) electrons. The van der Waals surface area contributed by atoms with Crippen molar-refractivity contribution in [3.63, 3.8) is 0 Å². The summed E-state index contributed by atoms with van der Waals surface area (Å²) in [5, 5.41) is 19.4. The molecule has 1 amide bonds. The van der Waals surface area contributed by atoms with Gasteiger partial charge in [-0.25, -0.2) is 8.78 Å². The summed E-state index contributed by atoms with van der Waals surface area (Å²) < 4.78 is 30.5. The number of nitrogens with zero attached hydrogens (tertiary/aromatic N) is 6. The van der Waals surface area contributed by atoms with Crippen LogP contribution in [0, 0.1) is 18.6 Å². The molecule has 3 aromatic heterocycles. The maximum Gasteiger partial charge on any atom is 0.226 e. The van der Waals surface area contributed by atoms with Gasteiger partial charge in [-0.15, -0.1) is 15.3 Å². The van der Waals surface area contributed by atoms with Crippen molar-refractivity contribution in [1.82, 2.24) is 29.6 Å². The number of nitrogens with one attached hydrogen (secondary N) is 1. The SMILES string of the molecule is Cc1nn(-c2ccc3nncn3n2)c2c1[C@@H](c1cc(F)cc(F)c1)CC(=O)N2. The highest BCUT2D eigenvalue weighted by Crippen LogP contribution is 2.40. The topological polar surface area (TPSA) is 90.0 Å². The van der Waals surface area contributed by atoms with Gasteiger partial charge in [0.15, 0.2) is 11.5 Å². The molecular formula is C18H13F2N7O. The van der Waals surface area contributed by atoms with Crippen LogP contribution in [0.25, 0.3) is 11.5 Å². The standard InChI is InChI=1S/C18H13F2N7O/c1-9-17-13(10-4-11(19)6-12(20)5-10)7-16(28)22-18(17)27(24-9)15-3-2-14-23-21-8-26(14)25-15/h2-6,8,13H,7H2,1H3,(H,22,28)/t13-/m1/s1. The Morgan fingerprint density at radius 3 is 2.71 bits per heavy atom. The molecule has 10 heteroatoms. The number of aryl methyl sites for hydroxylation is 1. The Bertz CT molecular complexity index is 1230. The van der Waals surface area contributed by atoms with Crippen LogP contribution in [-0.4, -0.2) is 35.5 Å². The Morgan fingerprint density at radius 2 is 1.93 bits per heavy atom. The summed E-state index contributed by atoms with van der Waals surface area (Å²) in [6, 6.07) is 6.72. The van der Waals surface area contributed by atoms with Crippen molar-refractivity contribution in [3.05, 3.63) is 65.1 Å². The van der Waals surface area contributed by atoms with Crippen LogP contribution in [0.3, 0.4) is 0 Å². The molecule has 0 fully saturated rings. The molecule has 0 spiro atoms. The highest BCUT2D eigenvalue weighted by Gasteiger charge is 2.33. The molecule has 1 aromatic carbocycles. The number of fused-ring (bicyclic) bond motifs is 2. The van der Waals surface area contributed by atoms with Crippen molar-refractivity contribution in [2.75, 3.05) is 5.32 Å². The molecule has 0 bridgehead atoms. The predicted octanol–water partition coefficient (Wildman–Crippen LogP) is 2.37. The number of benzene rings is 1. The number of carbonyl (C=O) groups is 1. The summed E-state index contributed by atoms with van der Waals surface area (Å²) in [6.45, 7) is 1.78. The minimum absolute atomic E-state index is 0.0698. The molecule has 0 unspecified atom stereocenters. The fraction of sp³-hybridized carbons (Fsp3) is 0.167. The number of anilines is 1. The summed E-state index contributed by atoms with van der Waals surface area (Å²) in [5.74, 6) is -1.28. The lowest BCUT2D eigenvalue weighted by atomic mass is 9.85. The zero-order chi connectivity index (χ0) is 19.4. The van der Waals surface area contributed by atoms with Gasteiger partial charge in [-0.2, -0.15) is 14.3 Å². The summed E-state index contributed by atoms with van der Waals surface area (Å²) in [5.41, 5.74) is 2.29. The quantitative estimate of drug-likeness (QED) is 0.576. The van der Waals surface area contributed by atoms with E-state index in [1.165, 1.54) is 27.7 Å². The molecule has 4 heterocycles. The van der Waals surface area contributed by atoms with E-state index in [9.17, 15) is 13.6 Å². The molecule has 1 atom stereocenters. The second-order valence-corrected chi connectivity index (χ2v) is 6.59. The fourth-order valence-corrected chi connectivity index (χ4v) is 3.61. The third-order valence-electron chi connectivity index (χ3n) is 4.75. The number of hydrogen-bond donors (Lipinski definition) is 1. The third kappa shape index (κ3) is 2.53. The molecule has 140 valence electrons. The summed E-state index contributed by atoms with van der Waals surface area (Å²) in [7, 11) is 0. The number of rotatable bonds is 2. The van der Waals surface area contributed by atoms with E-state index < -0.39 is 17.6 Å². The van der Waals surface area contributed by atoms with Gasteiger partial charge in [0.05, 0.1) is 5.69 Å². The van der Waals surface area contributed by atoms with Crippen LogP contribution in [-0.2, 0) is 4.79 Å². The second kappa shape index (κ2) is 5.91. The molecule has 0 aliphatic carbocycles. The number of carbonyl (C=O) groups excluding carboxylic acids is 1. The molecule has 0 saturated carbocycles. The lowest BCUT2D eigenvalue weighted by Gasteiger charge is -2.24. The first-order chi connectivity index (χ1) is 13.5. The molecule has 1 aliphatic heterocycles. The average Bonchev–Trinajstić information content (AvgIpc) is 3.24. The molecule has 1 aliphatic rings. The van der Waals surface area contributed by atoms with E-state index in [0.29, 0.717) is 34.1 Å². The molecule has 1 N–H and O–H groups in total. The first-order valence-electron chi connectivity index (χ1n) is 8.52. The van der Waals surface area contributed by atoms with E-state index in [1.54, 1.807) is 19.1 Å². The van der Waals surface area contributed by atoms with E-state index >= 15 is 0 Å². The summed E-state index contributed by atoms with van der Waals surface area (Å²) in [6.07, 6.45) is 1.53. The van der Waals surface area contributed by atoms with Gasteiger partial charge in [0, 0.05) is 24.0 Å². The monoisotopic (exact) mass is 381 g/mol. The van der Waals surface area contributed by atoms with Crippen molar-refractivity contribution in [2.45, 2.75) is 19.3 Å². The Morgan fingerprint density at radius 1 is 1.14 bits per heavy atom. The number of hydrogen-bond acceptors (Lipinski definition) is 5. The number of amides is 1. The first-order valence-corrected chi connectivity index (χ1v) is 8.52. The molecular weight excluding hydrogens is 368 g/mol. The van der Waals surface area contributed by atoms with Gasteiger partial charge < -0.3 is 5.32 Å². The van der Waals surface area contributed by atoms with Crippen LogP contribution in [0.4, 0.5) is 14.6 Å². The van der Waals surface area contributed by atoms with Crippen molar-refractivity contribution in [3.8, 4) is 5.82 Å². The number of aromatic nitrogens is 6. The predicted molar refractivity (Wildman–Crippen MR) is 94.1 cm³/mol. The van der Waals surface area contributed by atoms with Gasteiger partial charge in [0.1, 0.15) is 23.8 Å². The van der Waals surface area contributed by atoms with Gasteiger partial charge in [0.2, 0.25) is 5.91 Å². The number of halogens is 2. The zero-order valence-corrected chi connectivity index (χ0v) is 14.6. The van der Waals surface area contributed by atoms with Crippen molar-refractivity contribution >= 4 is 17.4 Å². The average molecular weight is 381 g/mol. The Hall–Kier alpha value is -3.69. The van der Waals surface area contributed by atoms with Crippen LogP contribution in [0.5, 0.6) is 0 Å². The van der Waals surface area contributed by atoms with Crippen molar-refractivity contribution in [1.29, 1.82) is 0 Å². The Balaban J connectivity index is 1.69. The van der Waals surface area contributed by atoms with Gasteiger partial charge in [-0.1, -0.05) is 0 Å². The molecule has 5 rings (SSSR count). The van der Waals surface area contributed by atoms with E-state index in [0.717, 1.165) is 6.07 Å². The third-order valence-corrected chi connectivity index (χ3v) is 4.75. The lowest BCUT2D eigenvalue weighted by Crippen LogP contribution is -2.25. The van der Waals surface area contributed by atoms with Crippen LogP contribution in [0.2, 0.25) is 0 Å². The maximum atomic E-state index is 13.8. The molecule has 28 heavy (non-hydrogen) atoms. The minimum atomic E-state index is -0.688. The van der Waals surface area contributed by atoms with E-state index in [1.807, 2.05) is 0 Å². The molecule has 8 nitrogen and oxygen atoms in total. The highest BCUT2D eigenvalue weighted by atomic mass is 19.1. The smallest absolute Gasteiger partial charge is 0.226 e.